The molecule has 0 fully saturated rings. The Morgan fingerprint density at radius 3 is 2.92 bits per heavy atom. The monoisotopic (exact) mass is 332 g/mol. The average Bonchev–Trinajstić information content (AvgIpc) is 3.01. The standard InChI is InChI=1S/C16H24N6O2/c1-17-16(18-11-15-21-19-12-22(15)2)20-13-6-4-7-14(10-13)24-9-5-8-23-3/h4,6-7,10,12H,5,8-9,11H2,1-3H3,(H2,17,18,20). The fraction of sp³-hybridized carbons (Fsp3) is 0.438. The largest absolute Gasteiger partial charge is 0.493 e. The zero-order valence-electron chi connectivity index (χ0n) is 14.3. The predicted octanol–water partition coefficient (Wildman–Crippen LogP) is 1.42. The van der Waals surface area contributed by atoms with Crippen molar-refractivity contribution in [3.63, 3.8) is 0 Å². The van der Waals surface area contributed by atoms with Crippen molar-refractivity contribution < 1.29 is 9.47 Å². The number of nitrogens with one attached hydrogen (secondary N) is 2. The summed E-state index contributed by atoms with van der Waals surface area (Å²) in [5.41, 5.74) is 0.894. The second kappa shape index (κ2) is 9.51. The van der Waals surface area contributed by atoms with E-state index in [1.54, 1.807) is 20.5 Å². The quantitative estimate of drug-likeness (QED) is 0.432. The van der Waals surface area contributed by atoms with Crippen LogP contribution in [0.3, 0.4) is 0 Å². The molecule has 0 spiro atoms. The Kier molecular flexibility index (Phi) is 7.03. The molecule has 2 N–H and O–H groups in total. The van der Waals surface area contributed by atoms with Gasteiger partial charge in [0.1, 0.15) is 12.1 Å². The van der Waals surface area contributed by atoms with Crippen LogP contribution in [0.1, 0.15) is 12.2 Å². The lowest BCUT2D eigenvalue weighted by Crippen LogP contribution is -2.31. The van der Waals surface area contributed by atoms with Crippen LogP contribution in [0.4, 0.5) is 5.69 Å². The second-order valence-corrected chi connectivity index (χ2v) is 5.13. The molecule has 0 unspecified atom stereocenters. The third-order valence-corrected chi connectivity index (χ3v) is 3.30. The first-order chi connectivity index (χ1) is 11.7. The molecule has 8 nitrogen and oxygen atoms in total. The van der Waals surface area contributed by atoms with Crippen molar-refractivity contribution in [2.24, 2.45) is 12.0 Å². The molecule has 2 aromatic rings. The third kappa shape index (κ3) is 5.54. The van der Waals surface area contributed by atoms with Crippen LogP contribution in [0, 0.1) is 0 Å². The van der Waals surface area contributed by atoms with Crippen LogP contribution < -0.4 is 15.4 Å². The van der Waals surface area contributed by atoms with E-state index >= 15 is 0 Å². The van der Waals surface area contributed by atoms with Gasteiger partial charge in [-0.05, 0) is 12.1 Å². The fourth-order valence-electron chi connectivity index (χ4n) is 2.00. The summed E-state index contributed by atoms with van der Waals surface area (Å²) in [7, 11) is 5.30. The maximum absolute atomic E-state index is 5.70. The molecule has 0 radical (unpaired) electrons. The summed E-state index contributed by atoms with van der Waals surface area (Å²) in [5.74, 6) is 2.28. The summed E-state index contributed by atoms with van der Waals surface area (Å²) in [4.78, 5) is 4.21. The summed E-state index contributed by atoms with van der Waals surface area (Å²) in [6, 6.07) is 7.75. The number of aliphatic imine (C=N–C) groups is 1. The molecule has 0 aliphatic rings. The SMILES string of the molecule is CN=C(NCc1nncn1C)Nc1cccc(OCCCOC)c1. The molecule has 2 rings (SSSR count). The molecule has 1 aromatic heterocycles. The van der Waals surface area contributed by atoms with E-state index in [2.05, 4.69) is 25.8 Å². The highest BCUT2D eigenvalue weighted by Crippen LogP contribution is 2.17. The van der Waals surface area contributed by atoms with Gasteiger partial charge in [-0.15, -0.1) is 10.2 Å². The maximum atomic E-state index is 5.70. The summed E-state index contributed by atoms with van der Waals surface area (Å²) < 4.78 is 12.6. The number of guanidine groups is 1. The Balaban J connectivity index is 1.87. The maximum Gasteiger partial charge on any atom is 0.195 e. The topological polar surface area (TPSA) is 85.6 Å². The van der Waals surface area contributed by atoms with Gasteiger partial charge in [0.25, 0.3) is 0 Å². The van der Waals surface area contributed by atoms with Crippen LogP contribution in [0.25, 0.3) is 0 Å². The van der Waals surface area contributed by atoms with Crippen molar-refractivity contribution in [3.8, 4) is 5.75 Å². The minimum Gasteiger partial charge on any atom is -0.493 e. The first-order valence-electron chi connectivity index (χ1n) is 7.75. The lowest BCUT2D eigenvalue weighted by molar-refractivity contribution is 0.172. The molecule has 8 heteroatoms. The Morgan fingerprint density at radius 2 is 2.21 bits per heavy atom. The van der Waals surface area contributed by atoms with Crippen LogP contribution in [0.2, 0.25) is 0 Å². The van der Waals surface area contributed by atoms with E-state index < -0.39 is 0 Å². The minimum atomic E-state index is 0.531. The smallest absolute Gasteiger partial charge is 0.195 e. The average molecular weight is 332 g/mol. The van der Waals surface area contributed by atoms with Crippen LogP contribution in [0.15, 0.2) is 35.6 Å². The number of methoxy groups -OCH3 is 1. The number of aryl methyl sites for hydroxylation is 1. The molecule has 0 atom stereocenters. The van der Waals surface area contributed by atoms with E-state index in [0.717, 1.165) is 23.7 Å². The number of aromatic nitrogens is 3. The van der Waals surface area contributed by atoms with Crippen LogP contribution in [-0.4, -0.2) is 48.1 Å². The van der Waals surface area contributed by atoms with Gasteiger partial charge in [-0.3, -0.25) is 4.99 Å². The van der Waals surface area contributed by atoms with Gasteiger partial charge in [-0.2, -0.15) is 0 Å². The van der Waals surface area contributed by atoms with Gasteiger partial charge in [0, 0.05) is 46.0 Å². The molecular weight excluding hydrogens is 308 g/mol. The lowest BCUT2D eigenvalue weighted by Gasteiger charge is -2.13. The van der Waals surface area contributed by atoms with E-state index in [1.807, 2.05) is 35.9 Å². The van der Waals surface area contributed by atoms with Crippen molar-refractivity contribution in [3.05, 3.63) is 36.4 Å². The van der Waals surface area contributed by atoms with Gasteiger partial charge in [0.05, 0.1) is 13.2 Å². The number of ether oxygens (including phenoxy) is 2. The van der Waals surface area contributed by atoms with E-state index in [0.29, 0.717) is 25.7 Å². The second-order valence-electron chi connectivity index (χ2n) is 5.13. The highest BCUT2D eigenvalue weighted by molar-refractivity contribution is 5.93. The Hall–Kier alpha value is -2.61. The molecule has 1 aromatic carbocycles. The van der Waals surface area contributed by atoms with Gasteiger partial charge in [0.2, 0.25) is 0 Å². The van der Waals surface area contributed by atoms with Gasteiger partial charge in [-0.25, -0.2) is 0 Å². The van der Waals surface area contributed by atoms with Crippen LogP contribution in [0.5, 0.6) is 5.75 Å². The van der Waals surface area contributed by atoms with Crippen LogP contribution in [-0.2, 0) is 18.3 Å². The molecule has 24 heavy (non-hydrogen) atoms. The summed E-state index contributed by atoms with van der Waals surface area (Å²) >= 11 is 0. The number of hydrogen-bond acceptors (Lipinski definition) is 5. The highest BCUT2D eigenvalue weighted by atomic mass is 16.5. The molecule has 0 saturated carbocycles. The molecule has 130 valence electrons. The van der Waals surface area contributed by atoms with Crippen molar-refractivity contribution in [1.82, 2.24) is 20.1 Å². The Morgan fingerprint density at radius 1 is 1.33 bits per heavy atom. The number of anilines is 1. The summed E-state index contributed by atoms with van der Waals surface area (Å²) in [6.45, 7) is 1.84. The normalized spacial score (nSPS) is 11.4. The molecule has 0 amide bonds. The first-order valence-corrected chi connectivity index (χ1v) is 7.75. The van der Waals surface area contributed by atoms with Crippen molar-refractivity contribution in [2.75, 3.05) is 32.7 Å². The highest BCUT2D eigenvalue weighted by Gasteiger charge is 2.04. The summed E-state index contributed by atoms with van der Waals surface area (Å²) in [5, 5.41) is 14.3. The zero-order chi connectivity index (χ0) is 17.2. The number of hydrogen-bond donors (Lipinski definition) is 2. The van der Waals surface area contributed by atoms with E-state index in [-0.39, 0.29) is 0 Å². The Labute approximate surface area is 141 Å². The molecular formula is C16H24N6O2. The Bertz CT molecular complexity index is 656. The van der Waals surface area contributed by atoms with Gasteiger partial charge >= 0.3 is 0 Å². The van der Waals surface area contributed by atoms with Crippen molar-refractivity contribution in [1.29, 1.82) is 0 Å². The summed E-state index contributed by atoms with van der Waals surface area (Å²) in [6.07, 6.45) is 2.52. The molecule has 0 bridgehead atoms. The zero-order valence-corrected chi connectivity index (χ0v) is 14.3. The van der Waals surface area contributed by atoms with E-state index in [9.17, 15) is 0 Å². The fourth-order valence-corrected chi connectivity index (χ4v) is 2.00. The predicted molar refractivity (Wildman–Crippen MR) is 93.3 cm³/mol. The molecule has 1 heterocycles. The molecule has 0 aliphatic carbocycles. The van der Waals surface area contributed by atoms with Crippen LogP contribution >= 0.6 is 0 Å². The van der Waals surface area contributed by atoms with Gasteiger partial charge in [0.15, 0.2) is 11.8 Å². The van der Waals surface area contributed by atoms with E-state index in [1.165, 1.54) is 0 Å². The van der Waals surface area contributed by atoms with Gasteiger partial charge in [-0.1, -0.05) is 6.07 Å². The molecule has 0 aliphatic heterocycles. The number of benzene rings is 1. The van der Waals surface area contributed by atoms with Gasteiger partial charge < -0.3 is 24.7 Å². The lowest BCUT2D eigenvalue weighted by atomic mass is 10.3. The number of nitrogens with zero attached hydrogens (tertiary/aromatic N) is 4. The third-order valence-electron chi connectivity index (χ3n) is 3.30. The molecule has 0 saturated heterocycles. The van der Waals surface area contributed by atoms with E-state index in [4.69, 9.17) is 9.47 Å². The first kappa shape index (κ1) is 17.7. The van der Waals surface area contributed by atoms with Crippen molar-refractivity contribution in [2.45, 2.75) is 13.0 Å². The number of rotatable bonds is 8. The van der Waals surface area contributed by atoms with Crippen molar-refractivity contribution >= 4 is 11.6 Å². The minimum absolute atomic E-state index is 0.531.